The Morgan fingerprint density at radius 1 is 0.633 bits per heavy atom. The molecule has 268 valence electrons. The van der Waals surface area contributed by atoms with Crippen LogP contribution in [0.25, 0.3) is 11.1 Å². The van der Waals surface area contributed by atoms with Crippen LogP contribution in [0.4, 0.5) is 22.0 Å². The lowest BCUT2D eigenvalue weighted by atomic mass is 10.0. The Hall–Kier alpha value is -3.99. The monoisotopic (exact) mass is 692 g/mol. The van der Waals surface area contributed by atoms with Crippen molar-refractivity contribution in [3.05, 3.63) is 83.9 Å². The van der Waals surface area contributed by atoms with Crippen LogP contribution in [0.2, 0.25) is 0 Å². The summed E-state index contributed by atoms with van der Waals surface area (Å²) in [6.07, 6.45) is 5.92. The highest BCUT2D eigenvalue weighted by atomic mass is 19.4. The van der Waals surface area contributed by atoms with Gasteiger partial charge in [0.2, 0.25) is 0 Å². The van der Waals surface area contributed by atoms with Crippen LogP contribution in [0.15, 0.2) is 72.8 Å². The minimum atomic E-state index is -5.74. The second-order valence-electron chi connectivity index (χ2n) is 12.0. The summed E-state index contributed by atoms with van der Waals surface area (Å²) in [5.41, 5.74) is 2.24. The minimum Gasteiger partial charge on any atom is -0.494 e. The molecule has 0 saturated carbocycles. The van der Waals surface area contributed by atoms with Gasteiger partial charge in [-0.2, -0.15) is 22.0 Å². The third-order valence-electron chi connectivity index (χ3n) is 7.73. The summed E-state index contributed by atoms with van der Waals surface area (Å²) >= 11 is 0. The van der Waals surface area contributed by atoms with E-state index >= 15 is 0 Å². The van der Waals surface area contributed by atoms with Crippen molar-refractivity contribution >= 4 is 11.9 Å². The molecule has 11 heteroatoms. The number of carbonyl (C=O) groups excluding carboxylic acids is 2. The first kappa shape index (κ1) is 39.4. The highest BCUT2D eigenvalue weighted by Gasteiger charge is 2.57. The van der Waals surface area contributed by atoms with E-state index in [4.69, 9.17) is 14.2 Å². The number of hydrogen-bond donors (Lipinski definition) is 0. The molecule has 0 bridgehead atoms. The van der Waals surface area contributed by atoms with E-state index in [1.807, 2.05) is 36.4 Å². The number of unbranched alkanes of at least 4 members (excludes halogenated alkanes) is 9. The predicted molar refractivity (Wildman–Crippen MR) is 177 cm³/mol. The molecule has 3 aromatic carbocycles. The van der Waals surface area contributed by atoms with Crippen molar-refractivity contribution in [3.63, 3.8) is 0 Å². The summed E-state index contributed by atoms with van der Waals surface area (Å²) in [6, 6.07) is 20.1. The number of alkyl halides is 5. The van der Waals surface area contributed by atoms with Crippen molar-refractivity contribution < 1.29 is 50.5 Å². The maximum atomic E-state index is 12.9. The Labute approximate surface area is 284 Å². The summed E-state index contributed by atoms with van der Waals surface area (Å²) in [5.74, 6) is -5.51. The van der Waals surface area contributed by atoms with Crippen molar-refractivity contribution in [2.75, 3.05) is 19.8 Å². The van der Waals surface area contributed by atoms with Gasteiger partial charge >= 0.3 is 24.0 Å². The number of esters is 2. The normalized spacial score (nSPS) is 12.4. The number of hydrogen-bond acceptors (Lipinski definition) is 6. The first-order valence-electron chi connectivity index (χ1n) is 16.8. The van der Waals surface area contributed by atoms with E-state index < -0.39 is 43.4 Å². The Morgan fingerprint density at radius 3 is 1.65 bits per heavy atom. The zero-order valence-electron chi connectivity index (χ0n) is 28.0. The average Bonchev–Trinajstić information content (AvgIpc) is 3.07. The van der Waals surface area contributed by atoms with Gasteiger partial charge in [0.25, 0.3) is 0 Å². The van der Waals surface area contributed by atoms with Crippen molar-refractivity contribution in [1.29, 1.82) is 0 Å². The van der Waals surface area contributed by atoms with Crippen LogP contribution >= 0.6 is 0 Å². The SMILES string of the molecule is CCCCCCCCCCCCOc1ccc(-c2ccc(C(=O)Oc3ccc(C(=O)O[C@H](C)COCC(F)(F)C(F)(F)F)cc3)cc2)cc1. The molecule has 0 fully saturated rings. The summed E-state index contributed by atoms with van der Waals surface area (Å²) in [6.45, 7) is 1.67. The van der Waals surface area contributed by atoms with Gasteiger partial charge in [-0.25, -0.2) is 9.59 Å². The van der Waals surface area contributed by atoms with E-state index in [9.17, 15) is 31.5 Å². The fourth-order valence-corrected chi connectivity index (χ4v) is 4.87. The maximum Gasteiger partial charge on any atom is 0.455 e. The maximum absolute atomic E-state index is 12.9. The van der Waals surface area contributed by atoms with Crippen molar-refractivity contribution in [3.8, 4) is 22.6 Å². The van der Waals surface area contributed by atoms with Gasteiger partial charge in [0.05, 0.1) is 24.3 Å². The number of ether oxygens (including phenoxy) is 4. The van der Waals surface area contributed by atoms with E-state index in [0.29, 0.717) is 12.2 Å². The molecule has 49 heavy (non-hydrogen) atoms. The number of halogens is 5. The van der Waals surface area contributed by atoms with Gasteiger partial charge in [-0.15, -0.1) is 0 Å². The molecule has 0 aromatic heterocycles. The van der Waals surface area contributed by atoms with Gasteiger partial charge in [-0.05, 0) is 73.0 Å². The fraction of sp³-hybridized carbons (Fsp3) is 0.474. The molecular weight excluding hydrogens is 647 g/mol. The Balaban J connectivity index is 1.37. The molecule has 1 atom stereocenters. The van der Waals surface area contributed by atoms with Crippen LogP contribution in [-0.4, -0.2) is 50.0 Å². The van der Waals surface area contributed by atoms with Crippen molar-refractivity contribution in [2.24, 2.45) is 0 Å². The average molecular weight is 693 g/mol. The fourth-order valence-electron chi connectivity index (χ4n) is 4.87. The highest BCUT2D eigenvalue weighted by molar-refractivity contribution is 5.92. The largest absolute Gasteiger partial charge is 0.494 e. The number of rotatable bonds is 21. The molecule has 3 rings (SSSR count). The first-order valence-corrected chi connectivity index (χ1v) is 16.8. The standard InChI is InChI=1S/C38H45F5O6/c1-3-4-5-6-7-8-9-10-11-12-25-47-33-21-17-30(18-22-33)29-13-15-31(16-14-29)36(45)49-34-23-19-32(20-24-34)35(44)48-28(2)26-46-27-37(39,40)38(41,42)43/h13-24,28H,3-12,25-27H2,1-2H3/t28-/m1/s1. The van der Waals surface area contributed by atoms with Crippen LogP contribution < -0.4 is 9.47 Å². The van der Waals surface area contributed by atoms with E-state index in [0.717, 1.165) is 23.3 Å². The molecule has 0 spiro atoms. The van der Waals surface area contributed by atoms with E-state index in [-0.39, 0.29) is 11.3 Å². The zero-order valence-corrected chi connectivity index (χ0v) is 28.0. The number of benzene rings is 3. The van der Waals surface area contributed by atoms with Crippen molar-refractivity contribution in [1.82, 2.24) is 0 Å². The van der Waals surface area contributed by atoms with Crippen LogP contribution in [0.1, 0.15) is 98.8 Å². The second kappa shape index (κ2) is 19.9. The third kappa shape index (κ3) is 13.8. The Morgan fingerprint density at radius 2 is 1.10 bits per heavy atom. The van der Waals surface area contributed by atoms with Crippen LogP contribution in [0.3, 0.4) is 0 Å². The highest BCUT2D eigenvalue weighted by Crippen LogP contribution is 2.35. The molecule has 3 aromatic rings. The molecule has 0 heterocycles. The summed E-state index contributed by atoms with van der Waals surface area (Å²) in [4.78, 5) is 25.0. The van der Waals surface area contributed by atoms with Gasteiger partial charge in [0.15, 0.2) is 0 Å². The molecule has 0 radical (unpaired) electrons. The lowest BCUT2D eigenvalue weighted by Gasteiger charge is -2.20. The zero-order chi connectivity index (χ0) is 35.7. The molecule has 0 aliphatic heterocycles. The van der Waals surface area contributed by atoms with Crippen molar-refractivity contribution in [2.45, 2.75) is 96.3 Å². The third-order valence-corrected chi connectivity index (χ3v) is 7.73. The van der Waals surface area contributed by atoms with E-state index in [2.05, 4.69) is 11.7 Å². The Bertz CT molecular complexity index is 1410. The topological polar surface area (TPSA) is 71.1 Å². The van der Waals surface area contributed by atoms with E-state index in [1.165, 1.54) is 89.0 Å². The summed E-state index contributed by atoms with van der Waals surface area (Å²) in [5, 5.41) is 0. The molecule has 0 aliphatic carbocycles. The quantitative estimate of drug-likeness (QED) is 0.0479. The molecule has 0 saturated heterocycles. The number of carbonyl (C=O) groups is 2. The first-order chi connectivity index (χ1) is 23.4. The summed E-state index contributed by atoms with van der Waals surface area (Å²) in [7, 11) is 0. The molecule has 0 N–H and O–H groups in total. The lowest BCUT2D eigenvalue weighted by molar-refractivity contribution is -0.297. The predicted octanol–water partition coefficient (Wildman–Crippen LogP) is 10.6. The van der Waals surface area contributed by atoms with Gasteiger partial charge in [-0.1, -0.05) is 89.0 Å². The van der Waals surface area contributed by atoms with Crippen LogP contribution in [0.5, 0.6) is 11.5 Å². The van der Waals surface area contributed by atoms with E-state index in [1.54, 1.807) is 12.1 Å². The second-order valence-corrected chi connectivity index (χ2v) is 12.0. The molecule has 0 amide bonds. The van der Waals surface area contributed by atoms with Gasteiger partial charge in [0.1, 0.15) is 24.2 Å². The van der Waals surface area contributed by atoms with Crippen LogP contribution in [0, 0.1) is 0 Å². The molecule has 6 nitrogen and oxygen atoms in total. The van der Waals surface area contributed by atoms with Crippen LogP contribution in [-0.2, 0) is 9.47 Å². The summed E-state index contributed by atoms with van der Waals surface area (Å²) < 4.78 is 83.3. The lowest BCUT2D eigenvalue weighted by Crippen LogP contribution is -2.41. The Kier molecular flexibility index (Phi) is 16.0. The van der Waals surface area contributed by atoms with Gasteiger partial charge in [-0.3, -0.25) is 0 Å². The molecule has 0 aliphatic rings. The molecule has 0 unspecified atom stereocenters. The smallest absolute Gasteiger partial charge is 0.455 e. The van der Waals surface area contributed by atoms with Gasteiger partial charge in [0, 0.05) is 0 Å². The van der Waals surface area contributed by atoms with Gasteiger partial charge < -0.3 is 18.9 Å². The molecular formula is C38H45F5O6. The minimum absolute atomic E-state index is 0.0480.